The van der Waals surface area contributed by atoms with E-state index < -0.39 is 0 Å². The number of carbonyl (C=O) groups is 1. The van der Waals surface area contributed by atoms with Gasteiger partial charge in [-0.2, -0.15) is 0 Å². The van der Waals surface area contributed by atoms with E-state index in [0.717, 1.165) is 11.1 Å². The summed E-state index contributed by atoms with van der Waals surface area (Å²) in [6, 6.07) is 7.83. The topological polar surface area (TPSA) is 55.1 Å². The SMILES string of the molecule is CC(C)C(C)(C)CNC(=O)Cc1ccccc1CN. The first-order valence-corrected chi connectivity index (χ1v) is 6.90. The lowest BCUT2D eigenvalue weighted by molar-refractivity contribution is -0.121. The van der Waals surface area contributed by atoms with Gasteiger partial charge in [0, 0.05) is 13.1 Å². The van der Waals surface area contributed by atoms with Crippen LogP contribution in [0.4, 0.5) is 0 Å². The average Bonchev–Trinajstić information content (AvgIpc) is 2.37. The molecule has 3 heteroatoms. The van der Waals surface area contributed by atoms with E-state index >= 15 is 0 Å². The van der Waals surface area contributed by atoms with Gasteiger partial charge in [-0.25, -0.2) is 0 Å². The molecule has 1 amide bonds. The van der Waals surface area contributed by atoms with E-state index in [2.05, 4.69) is 33.0 Å². The van der Waals surface area contributed by atoms with Gasteiger partial charge in [-0.1, -0.05) is 52.0 Å². The molecular formula is C16H26N2O. The Bertz CT molecular complexity index is 425. The number of hydrogen-bond donors (Lipinski definition) is 2. The van der Waals surface area contributed by atoms with Gasteiger partial charge in [0.2, 0.25) is 5.91 Å². The monoisotopic (exact) mass is 262 g/mol. The van der Waals surface area contributed by atoms with E-state index in [0.29, 0.717) is 25.4 Å². The molecular weight excluding hydrogens is 236 g/mol. The van der Waals surface area contributed by atoms with Crippen LogP contribution in [0.25, 0.3) is 0 Å². The summed E-state index contributed by atoms with van der Waals surface area (Å²) in [7, 11) is 0. The summed E-state index contributed by atoms with van der Waals surface area (Å²) in [6.45, 7) is 9.87. The summed E-state index contributed by atoms with van der Waals surface area (Å²) >= 11 is 0. The van der Waals surface area contributed by atoms with Gasteiger partial charge < -0.3 is 11.1 Å². The van der Waals surface area contributed by atoms with E-state index in [-0.39, 0.29) is 11.3 Å². The third-order valence-electron chi connectivity index (χ3n) is 3.99. The third-order valence-corrected chi connectivity index (χ3v) is 3.99. The minimum atomic E-state index is 0.0645. The summed E-state index contributed by atoms with van der Waals surface area (Å²) in [5, 5.41) is 3.02. The lowest BCUT2D eigenvalue weighted by Crippen LogP contribution is -2.37. The molecule has 0 aliphatic rings. The molecule has 0 spiro atoms. The maximum absolute atomic E-state index is 12.0. The highest BCUT2D eigenvalue weighted by Gasteiger charge is 2.22. The Hall–Kier alpha value is -1.35. The summed E-state index contributed by atoms with van der Waals surface area (Å²) in [5.41, 5.74) is 7.85. The van der Waals surface area contributed by atoms with Crippen molar-refractivity contribution in [3.05, 3.63) is 35.4 Å². The summed E-state index contributed by atoms with van der Waals surface area (Å²) in [6.07, 6.45) is 0.404. The van der Waals surface area contributed by atoms with Crippen molar-refractivity contribution in [2.45, 2.75) is 40.7 Å². The molecule has 0 atom stereocenters. The number of nitrogens with one attached hydrogen (secondary N) is 1. The summed E-state index contributed by atoms with van der Waals surface area (Å²) in [5.74, 6) is 0.596. The molecule has 0 radical (unpaired) electrons. The molecule has 0 unspecified atom stereocenters. The second kappa shape index (κ2) is 6.71. The van der Waals surface area contributed by atoms with Gasteiger partial charge in [0.05, 0.1) is 6.42 Å². The van der Waals surface area contributed by atoms with Crippen LogP contribution in [0.1, 0.15) is 38.8 Å². The first kappa shape index (κ1) is 15.7. The molecule has 1 rings (SSSR count). The molecule has 0 aliphatic carbocycles. The fraction of sp³-hybridized carbons (Fsp3) is 0.562. The molecule has 1 aromatic carbocycles. The Morgan fingerprint density at radius 1 is 1.26 bits per heavy atom. The highest BCUT2D eigenvalue weighted by atomic mass is 16.1. The zero-order chi connectivity index (χ0) is 14.5. The molecule has 106 valence electrons. The second-order valence-electron chi connectivity index (χ2n) is 6.07. The minimum absolute atomic E-state index is 0.0645. The lowest BCUT2D eigenvalue weighted by atomic mass is 9.81. The maximum Gasteiger partial charge on any atom is 0.224 e. The minimum Gasteiger partial charge on any atom is -0.355 e. The van der Waals surface area contributed by atoms with Crippen molar-refractivity contribution in [1.29, 1.82) is 0 Å². The van der Waals surface area contributed by atoms with Crippen LogP contribution in [-0.4, -0.2) is 12.5 Å². The maximum atomic E-state index is 12.0. The van der Waals surface area contributed by atoms with E-state index in [1.807, 2.05) is 24.3 Å². The number of nitrogens with two attached hydrogens (primary N) is 1. The van der Waals surface area contributed by atoms with Crippen LogP contribution < -0.4 is 11.1 Å². The van der Waals surface area contributed by atoms with Crippen LogP contribution >= 0.6 is 0 Å². The molecule has 19 heavy (non-hydrogen) atoms. The molecule has 3 N–H and O–H groups in total. The van der Waals surface area contributed by atoms with Crippen LogP contribution in [0.2, 0.25) is 0 Å². The fourth-order valence-corrected chi connectivity index (χ4v) is 1.70. The Labute approximate surface area is 116 Å². The van der Waals surface area contributed by atoms with Crippen molar-refractivity contribution >= 4 is 5.91 Å². The molecule has 0 saturated carbocycles. The van der Waals surface area contributed by atoms with Gasteiger partial charge in [-0.05, 0) is 22.5 Å². The predicted octanol–water partition coefficient (Wildman–Crippen LogP) is 2.49. The Kier molecular flexibility index (Phi) is 5.55. The first-order valence-electron chi connectivity index (χ1n) is 6.90. The fourth-order valence-electron chi connectivity index (χ4n) is 1.70. The van der Waals surface area contributed by atoms with Crippen LogP contribution in [0.5, 0.6) is 0 Å². The summed E-state index contributed by atoms with van der Waals surface area (Å²) < 4.78 is 0. The zero-order valence-corrected chi connectivity index (χ0v) is 12.5. The number of amides is 1. The van der Waals surface area contributed by atoms with Gasteiger partial charge >= 0.3 is 0 Å². The van der Waals surface area contributed by atoms with Crippen molar-refractivity contribution in [1.82, 2.24) is 5.32 Å². The lowest BCUT2D eigenvalue weighted by Gasteiger charge is -2.29. The Morgan fingerprint density at radius 3 is 2.37 bits per heavy atom. The normalized spacial score (nSPS) is 11.7. The van der Waals surface area contributed by atoms with E-state index in [1.165, 1.54) is 0 Å². The van der Waals surface area contributed by atoms with Crippen LogP contribution in [0.3, 0.4) is 0 Å². The van der Waals surface area contributed by atoms with Crippen molar-refractivity contribution in [2.24, 2.45) is 17.1 Å². The number of carbonyl (C=O) groups excluding carboxylic acids is 1. The van der Waals surface area contributed by atoms with E-state index in [4.69, 9.17) is 5.73 Å². The standard InChI is InChI=1S/C16H26N2O/c1-12(2)16(3,4)11-18-15(19)9-13-7-5-6-8-14(13)10-17/h5-8,12H,9-11,17H2,1-4H3,(H,18,19). The second-order valence-corrected chi connectivity index (χ2v) is 6.07. The van der Waals surface area contributed by atoms with Gasteiger partial charge in [-0.15, -0.1) is 0 Å². The van der Waals surface area contributed by atoms with Crippen molar-refractivity contribution < 1.29 is 4.79 Å². The molecule has 0 fully saturated rings. The van der Waals surface area contributed by atoms with E-state index in [9.17, 15) is 4.79 Å². The Morgan fingerprint density at radius 2 is 1.84 bits per heavy atom. The highest BCUT2D eigenvalue weighted by Crippen LogP contribution is 2.24. The smallest absolute Gasteiger partial charge is 0.224 e. The predicted molar refractivity (Wildman–Crippen MR) is 79.7 cm³/mol. The van der Waals surface area contributed by atoms with Crippen molar-refractivity contribution in [2.75, 3.05) is 6.54 Å². The van der Waals surface area contributed by atoms with Crippen molar-refractivity contribution in [3.63, 3.8) is 0 Å². The quantitative estimate of drug-likeness (QED) is 0.827. The van der Waals surface area contributed by atoms with Gasteiger partial charge in [-0.3, -0.25) is 4.79 Å². The van der Waals surface area contributed by atoms with Crippen LogP contribution in [-0.2, 0) is 17.8 Å². The van der Waals surface area contributed by atoms with Gasteiger partial charge in [0.1, 0.15) is 0 Å². The molecule has 1 aromatic rings. The molecule has 0 saturated heterocycles. The number of rotatable bonds is 6. The van der Waals surface area contributed by atoms with Crippen molar-refractivity contribution in [3.8, 4) is 0 Å². The van der Waals surface area contributed by atoms with Crippen LogP contribution in [0, 0.1) is 11.3 Å². The summed E-state index contributed by atoms with van der Waals surface area (Å²) in [4.78, 5) is 12.0. The van der Waals surface area contributed by atoms with Crippen LogP contribution in [0.15, 0.2) is 24.3 Å². The number of hydrogen-bond acceptors (Lipinski definition) is 2. The Balaban J connectivity index is 2.57. The number of benzene rings is 1. The highest BCUT2D eigenvalue weighted by molar-refractivity contribution is 5.78. The van der Waals surface area contributed by atoms with Gasteiger partial charge in [0.25, 0.3) is 0 Å². The van der Waals surface area contributed by atoms with E-state index in [1.54, 1.807) is 0 Å². The first-order chi connectivity index (χ1) is 8.86. The molecule has 0 aromatic heterocycles. The molecule has 0 aliphatic heterocycles. The zero-order valence-electron chi connectivity index (χ0n) is 12.5. The molecule has 0 heterocycles. The largest absolute Gasteiger partial charge is 0.355 e. The average molecular weight is 262 g/mol. The molecule has 3 nitrogen and oxygen atoms in total. The third kappa shape index (κ3) is 4.67. The molecule has 0 bridgehead atoms. The van der Waals surface area contributed by atoms with Gasteiger partial charge in [0.15, 0.2) is 0 Å².